The lowest BCUT2D eigenvalue weighted by Crippen LogP contribution is -2.69. The van der Waals surface area contributed by atoms with Crippen LogP contribution in [0.2, 0.25) is 0 Å². The van der Waals surface area contributed by atoms with Crippen LogP contribution in [0.3, 0.4) is 0 Å². The van der Waals surface area contributed by atoms with Crippen molar-refractivity contribution in [2.24, 2.45) is 0 Å². The molecular weight excluding hydrogens is 408 g/mol. The van der Waals surface area contributed by atoms with Gasteiger partial charge in [-0.3, -0.25) is 9.59 Å². The number of aliphatic hydroxyl groups excluding tert-OH is 5. The second-order valence-electron chi connectivity index (χ2n) is 7.21. The molecule has 2 aliphatic heterocycles. The van der Waals surface area contributed by atoms with E-state index in [4.69, 9.17) is 18.9 Å². The van der Waals surface area contributed by atoms with Crippen molar-refractivity contribution in [1.29, 1.82) is 0 Å². The number of amides is 2. The molecule has 0 aromatic rings. The van der Waals surface area contributed by atoms with E-state index in [0.717, 1.165) is 0 Å². The van der Waals surface area contributed by atoms with Gasteiger partial charge < -0.3 is 55.1 Å². The molecule has 2 saturated heterocycles. The van der Waals surface area contributed by atoms with Crippen LogP contribution in [-0.4, -0.2) is 119 Å². The minimum Gasteiger partial charge on any atom is -0.394 e. The Balaban J connectivity index is 2.28. The standard InChI is InChI=1S/C17H30N2O11/c1-6(22)18-10-12(24)15(9(5-21)28-16(10)26)30-17-11(19-7(2)23)13(25)14(27-3)8(4-20)29-17/h8-17,20-21,24-26H,4-5H2,1-3H3,(H,18,22)(H,19,23)/t8-,9?,10-,11?,12+,13?,14+,15?,16?,17?/m0/s1. The van der Waals surface area contributed by atoms with Gasteiger partial charge in [-0.25, -0.2) is 0 Å². The van der Waals surface area contributed by atoms with Crippen LogP contribution in [0.25, 0.3) is 0 Å². The highest BCUT2D eigenvalue weighted by Crippen LogP contribution is 2.29. The van der Waals surface area contributed by atoms with Gasteiger partial charge in [0.05, 0.1) is 13.2 Å². The first kappa shape index (κ1) is 24.8. The summed E-state index contributed by atoms with van der Waals surface area (Å²) < 4.78 is 21.8. The lowest BCUT2D eigenvalue weighted by molar-refractivity contribution is -0.329. The molecule has 2 fully saturated rings. The zero-order valence-electron chi connectivity index (χ0n) is 16.9. The third-order valence-corrected chi connectivity index (χ3v) is 5.03. The smallest absolute Gasteiger partial charge is 0.217 e. The van der Waals surface area contributed by atoms with Crippen LogP contribution in [0.1, 0.15) is 13.8 Å². The van der Waals surface area contributed by atoms with Crippen LogP contribution in [0.4, 0.5) is 0 Å². The monoisotopic (exact) mass is 438 g/mol. The summed E-state index contributed by atoms with van der Waals surface area (Å²) in [6.45, 7) is 1.19. The Bertz CT molecular complexity index is 594. The van der Waals surface area contributed by atoms with Crippen molar-refractivity contribution < 1.29 is 54.1 Å². The van der Waals surface area contributed by atoms with Crippen LogP contribution in [0.15, 0.2) is 0 Å². The Morgan fingerprint density at radius 2 is 1.37 bits per heavy atom. The van der Waals surface area contributed by atoms with E-state index in [-0.39, 0.29) is 0 Å². The molecule has 2 rings (SSSR count). The van der Waals surface area contributed by atoms with Crippen LogP contribution in [-0.2, 0) is 28.5 Å². The Morgan fingerprint density at radius 3 is 1.87 bits per heavy atom. The molecule has 13 nitrogen and oxygen atoms in total. The summed E-state index contributed by atoms with van der Waals surface area (Å²) >= 11 is 0. The fraction of sp³-hybridized carbons (Fsp3) is 0.882. The van der Waals surface area contributed by atoms with Crippen molar-refractivity contribution in [3.05, 3.63) is 0 Å². The molecule has 0 spiro atoms. The van der Waals surface area contributed by atoms with Crippen molar-refractivity contribution in [2.75, 3.05) is 20.3 Å². The molecule has 0 aromatic heterocycles. The number of nitrogens with one attached hydrogen (secondary N) is 2. The van der Waals surface area contributed by atoms with E-state index >= 15 is 0 Å². The number of carbonyl (C=O) groups is 2. The highest BCUT2D eigenvalue weighted by molar-refractivity contribution is 5.73. The molecule has 0 aromatic carbocycles. The summed E-state index contributed by atoms with van der Waals surface area (Å²) in [4.78, 5) is 23.0. The number of hydrogen-bond donors (Lipinski definition) is 7. The van der Waals surface area contributed by atoms with Gasteiger partial charge in [-0.1, -0.05) is 0 Å². The van der Waals surface area contributed by atoms with E-state index in [2.05, 4.69) is 10.6 Å². The third kappa shape index (κ3) is 5.43. The van der Waals surface area contributed by atoms with Crippen LogP contribution in [0, 0.1) is 0 Å². The highest BCUT2D eigenvalue weighted by atomic mass is 16.7. The zero-order valence-corrected chi connectivity index (χ0v) is 16.9. The third-order valence-electron chi connectivity index (χ3n) is 5.03. The highest BCUT2D eigenvalue weighted by Gasteiger charge is 2.51. The van der Waals surface area contributed by atoms with Crippen molar-refractivity contribution in [1.82, 2.24) is 10.6 Å². The van der Waals surface area contributed by atoms with Gasteiger partial charge >= 0.3 is 0 Å². The molecule has 13 heteroatoms. The van der Waals surface area contributed by atoms with Gasteiger partial charge in [-0.2, -0.15) is 0 Å². The first-order chi connectivity index (χ1) is 14.1. The number of ether oxygens (including phenoxy) is 4. The molecule has 0 saturated carbocycles. The normalized spacial score (nSPS) is 41.9. The first-order valence-corrected chi connectivity index (χ1v) is 9.43. The summed E-state index contributed by atoms with van der Waals surface area (Å²) in [5.41, 5.74) is 0. The van der Waals surface area contributed by atoms with Crippen molar-refractivity contribution in [2.45, 2.75) is 75.1 Å². The Labute approximate surface area is 172 Å². The maximum atomic E-state index is 11.6. The Morgan fingerprint density at radius 1 is 0.867 bits per heavy atom. The average Bonchev–Trinajstić information content (AvgIpc) is 2.68. The zero-order chi connectivity index (χ0) is 22.6. The molecule has 10 atom stereocenters. The predicted molar refractivity (Wildman–Crippen MR) is 96.6 cm³/mol. The van der Waals surface area contributed by atoms with Crippen LogP contribution in [0.5, 0.6) is 0 Å². The summed E-state index contributed by atoms with van der Waals surface area (Å²) in [5, 5.41) is 55.3. The molecule has 2 amide bonds. The second kappa shape index (κ2) is 10.7. The number of rotatable bonds is 7. The molecule has 174 valence electrons. The van der Waals surface area contributed by atoms with E-state index in [1.807, 2.05) is 0 Å². The molecule has 0 radical (unpaired) electrons. The van der Waals surface area contributed by atoms with Gasteiger partial charge in [0, 0.05) is 21.0 Å². The van der Waals surface area contributed by atoms with Gasteiger partial charge in [-0.05, 0) is 0 Å². The van der Waals surface area contributed by atoms with Gasteiger partial charge in [-0.15, -0.1) is 0 Å². The van der Waals surface area contributed by atoms with E-state index in [0.29, 0.717) is 0 Å². The lowest BCUT2D eigenvalue weighted by Gasteiger charge is -2.47. The van der Waals surface area contributed by atoms with Crippen LogP contribution >= 0.6 is 0 Å². The van der Waals surface area contributed by atoms with Gasteiger partial charge in [0.1, 0.15) is 48.7 Å². The quantitative estimate of drug-likeness (QED) is 0.202. The molecule has 7 N–H and O–H groups in total. The maximum absolute atomic E-state index is 11.6. The second-order valence-corrected chi connectivity index (χ2v) is 7.21. The summed E-state index contributed by atoms with van der Waals surface area (Å²) in [5.74, 6) is -1.06. The Hall–Kier alpha value is -1.42. The summed E-state index contributed by atoms with van der Waals surface area (Å²) in [6, 6.07) is -2.43. The topological polar surface area (TPSA) is 196 Å². The lowest BCUT2D eigenvalue weighted by atomic mass is 9.94. The number of methoxy groups -OCH3 is 1. The average molecular weight is 438 g/mol. The largest absolute Gasteiger partial charge is 0.394 e. The van der Waals surface area contributed by atoms with Crippen LogP contribution < -0.4 is 10.6 Å². The van der Waals surface area contributed by atoms with Crippen molar-refractivity contribution >= 4 is 11.8 Å². The number of aliphatic hydroxyl groups is 5. The van der Waals surface area contributed by atoms with Crippen molar-refractivity contribution in [3.63, 3.8) is 0 Å². The van der Waals surface area contributed by atoms with E-state index in [1.165, 1.54) is 21.0 Å². The van der Waals surface area contributed by atoms with Gasteiger partial charge in [0.15, 0.2) is 12.6 Å². The first-order valence-electron chi connectivity index (χ1n) is 9.43. The number of carbonyl (C=O) groups excluding carboxylic acids is 2. The molecule has 30 heavy (non-hydrogen) atoms. The minimum absolute atomic E-state index is 0.515. The van der Waals surface area contributed by atoms with Crippen molar-refractivity contribution in [3.8, 4) is 0 Å². The molecule has 2 heterocycles. The SMILES string of the molecule is CO[C@H]1C(O)C(NC(C)=O)C(OC2C(CO)OC(O)[C@@H](NC(C)=O)[C@H]2O)O[C@H]1CO. The molecular formula is C17H30N2O11. The molecule has 0 aliphatic carbocycles. The van der Waals surface area contributed by atoms with E-state index < -0.39 is 86.3 Å². The van der Waals surface area contributed by atoms with E-state index in [9.17, 15) is 35.1 Å². The van der Waals surface area contributed by atoms with Gasteiger partial charge in [0.2, 0.25) is 11.8 Å². The fourth-order valence-electron chi connectivity index (χ4n) is 3.66. The fourth-order valence-corrected chi connectivity index (χ4v) is 3.66. The number of hydrogen-bond acceptors (Lipinski definition) is 11. The predicted octanol–water partition coefficient (Wildman–Crippen LogP) is -4.46. The van der Waals surface area contributed by atoms with Gasteiger partial charge in [0.25, 0.3) is 0 Å². The molecule has 6 unspecified atom stereocenters. The Kier molecular flexibility index (Phi) is 8.90. The summed E-state index contributed by atoms with van der Waals surface area (Å²) in [7, 11) is 1.30. The minimum atomic E-state index is -1.62. The molecule has 0 bridgehead atoms. The maximum Gasteiger partial charge on any atom is 0.217 e. The van der Waals surface area contributed by atoms with E-state index in [1.54, 1.807) is 0 Å². The molecule has 2 aliphatic rings. The summed E-state index contributed by atoms with van der Waals surface area (Å²) in [6.07, 6.45) is -10.4.